The Morgan fingerprint density at radius 3 is 2.68 bits per heavy atom. The van der Waals surface area contributed by atoms with Crippen molar-refractivity contribution in [2.24, 2.45) is 7.05 Å². The summed E-state index contributed by atoms with van der Waals surface area (Å²) in [4.78, 5) is 7.19. The number of anilines is 1. The molecule has 1 aromatic carbocycles. The minimum atomic E-state index is 0.554. The number of aromatic nitrogens is 2. The molecular formula is C15H22N4. The molecule has 1 aromatic heterocycles. The van der Waals surface area contributed by atoms with E-state index >= 15 is 0 Å². The topological polar surface area (TPSA) is 33.1 Å². The van der Waals surface area contributed by atoms with Crippen LogP contribution in [0.15, 0.2) is 24.3 Å². The van der Waals surface area contributed by atoms with Crippen LogP contribution in [0.4, 0.5) is 5.95 Å². The van der Waals surface area contributed by atoms with Crippen LogP contribution in [0.2, 0.25) is 0 Å². The monoisotopic (exact) mass is 258 g/mol. The SMILES string of the molecule is CCN1CCC(Nc2nc3ccccc3n2C)CC1. The van der Waals surface area contributed by atoms with Crippen LogP contribution < -0.4 is 5.32 Å². The fourth-order valence-corrected chi connectivity index (χ4v) is 2.85. The number of rotatable bonds is 3. The van der Waals surface area contributed by atoms with E-state index in [4.69, 9.17) is 0 Å². The van der Waals surface area contributed by atoms with Gasteiger partial charge in [0.05, 0.1) is 11.0 Å². The van der Waals surface area contributed by atoms with Crippen molar-refractivity contribution in [2.75, 3.05) is 25.0 Å². The van der Waals surface area contributed by atoms with Gasteiger partial charge in [-0.3, -0.25) is 0 Å². The van der Waals surface area contributed by atoms with Crippen LogP contribution in [0.1, 0.15) is 19.8 Å². The second-order valence-corrected chi connectivity index (χ2v) is 5.34. The number of nitrogens with zero attached hydrogens (tertiary/aromatic N) is 3. The molecule has 1 aliphatic rings. The molecule has 0 aliphatic carbocycles. The molecule has 1 saturated heterocycles. The number of fused-ring (bicyclic) bond motifs is 1. The molecule has 0 saturated carbocycles. The van der Waals surface area contributed by atoms with Gasteiger partial charge < -0.3 is 14.8 Å². The number of para-hydroxylation sites is 2. The van der Waals surface area contributed by atoms with Crippen LogP contribution in [0.3, 0.4) is 0 Å². The number of nitrogens with one attached hydrogen (secondary N) is 1. The Labute approximate surface area is 114 Å². The molecule has 3 rings (SSSR count). The Hall–Kier alpha value is -1.55. The number of hydrogen-bond donors (Lipinski definition) is 1. The van der Waals surface area contributed by atoms with Crippen molar-refractivity contribution in [3.63, 3.8) is 0 Å². The van der Waals surface area contributed by atoms with Crippen LogP contribution in [-0.2, 0) is 7.05 Å². The van der Waals surface area contributed by atoms with Gasteiger partial charge in [-0.2, -0.15) is 0 Å². The maximum atomic E-state index is 4.68. The summed E-state index contributed by atoms with van der Waals surface area (Å²) < 4.78 is 2.15. The highest BCUT2D eigenvalue weighted by Crippen LogP contribution is 2.20. The zero-order valence-corrected chi connectivity index (χ0v) is 11.8. The predicted octanol–water partition coefficient (Wildman–Crippen LogP) is 2.47. The minimum Gasteiger partial charge on any atom is -0.353 e. The van der Waals surface area contributed by atoms with Crippen molar-refractivity contribution in [3.05, 3.63) is 24.3 Å². The molecule has 0 atom stereocenters. The normalized spacial score (nSPS) is 18.0. The summed E-state index contributed by atoms with van der Waals surface area (Å²) in [6.45, 7) is 5.79. The molecule has 2 aromatic rings. The van der Waals surface area contributed by atoms with Crippen LogP contribution in [0.5, 0.6) is 0 Å². The number of piperidine rings is 1. The third-order valence-corrected chi connectivity index (χ3v) is 4.16. The van der Waals surface area contributed by atoms with E-state index in [9.17, 15) is 0 Å². The van der Waals surface area contributed by atoms with Crippen LogP contribution in [0, 0.1) is 0 Å². The van der Waals surface area contributed by atoms with E-state index in [1.807, 2.05) is 6.07 Å². The van der Waals surface area contributed by atoms with Gasteiger partial charge in [-0.15, -0.1) is 0 Å². The lowest BCUT2D eigenvalue weighted by molar-refractivity contribution is 0.229. The van der Waals surface area contributed by atoms with Gasteiger partial charge in [0.15, 0.2) is 0 Å². The summed E-state index contributed by atoms with van der Waals surface area (Å²) in [7, 11) is 2.08. The summed E-state index contributed by atoms with van der Waals surface area (Å²) in [5.41, 5.74) is 2.26. The van der Waals surface area contributed by atoms with E-state index in [1.54, 1.807) is 0 Å². The Kier molecular flexibility index (Phi) is 3.42. The lowest BCUT2D eigenvalue weighted by Gasteiger charge is -2.31. The smallest absolute Gasteiger partial charge is 0.203 e. The summed E-state index contributed by atoms with van der Waals surface area (Å²) >= 11 is 0. The lowest BCUT2D eigenvalue weighted by Crippen LogP contribution is -2.39. The highest BCUT2D eigenvalue weighted by molar-refractivity contribution is 5.78. The molecule has 1 N–H and O–H groups in total. The van der Waals surface area contributed by atoms with Gasteiger partial charge in [0.1, 0.15) is 0 Å². The number of hydrogen-bond acceptors (Lipinski definition) is 3. The Morgan fingerprint density at radius 2 is 2.00 bits per heavy atom. The quantitative estimate of drug-likeness (QED) is 0.918. The van der Waals surface area contributed by atoms with Crippen molar-refractivity contribution in [1.29, 1.82) is 0 Å². The largest absolute Gasteiger partial charge is 0.353 e. The Balaban J connectivity index is 1.73. The summed E-state index contributed by atoms with van der Waals surface area (Å²) in [5, 5.41) is 3.61. The number of likely N-dealkylation sites (tertiary alicyclic amines) is 1. The average Bonchev–Trinajstić information content (AvgIpc) is 2.77. The summed E-state index contributed by atoms with van der Waals surface area (Å²) in [6.07, 6.45) is 2.41. The van der Waals surface area contributed by atoms with E-state index in [1.165, 1.54) is 38.0 Å². The molecule has 2 heterocycles. The molecule has 102 valence electrons. The number of aryl methyl sites for hydroxylation is 1. The van der Waals surface area contributed by atoms with E-state index in [0.29, 0.717) is 6.04 Å². The molecule has 0 bridgehead atoms. The van der Waals surface area contributed by atoms with Gasteiger partial charge in [-0.1, -0.05) is 19.1 Å². The molecular weight excluding hydrogens is 236 g/mol. The summed E-state index contributed by atoms with van der Waals surface area (Å²) in [5.74, 6) is 0.996. The van der Waals surface area contributed by atoms with Crippen molar-refractivity contribution in [1.82, 2.24) is 14.5 Å². The number of benzene rings is 1. The molecule has 19 heavy (non-hydrogen) atoms. The van der Waals surface area contributed by atoms with E-state index < -0.39 is 0 Å². The van der Waals surface area contributed by atoms with Gasteiger partial charge in [0.25, 0.3) is 0 Å². The van der Waals surface area contributed by atoms with Gasteiger partial charge in [0, 0.05) is 26.2 Å². The Morgan fingerprint density at radius 1 is 1.26 bits per heavy atom. The van der Waals surface area contributed by atoms with E-state index in [2.05, 4.69) is 51.9 Å². The summed E-state index contributed by atoms with van der Waals surface area (Å²) in [6, 6.07) is 8.85. The van der Waals surface area contributed by atoms with Gasteiger partial charge >= 0.3 is 0 Å². The molecule has 0 unspecified atom stereocenters. The first-order chi connectivity index (χ1) is 9.28. The Bertz CT molecular complexity index is 552. The first-order valence-electron chi connectivity index (χ1n) is 7.18. The molecule has 4 nitrogen and oxygen atoms in total. The predicted molar refractivity (Wildman–Crippen MR) is 79.5 cm³/mol. The highest BCUT2D eigenvalue weighted by Gasteiger charge is 2.19. The van der Waals surface area contributed by atoms with Gasteiger partial charge in [-0.25, -0.2) is 4.98 Å². The zero-order chi connectivity index (χ0) is 13.2. The van der Waals surface area contributed by atoms with Crippen molar-refractivity contribution in [2.45, 2.75) is 25.8 Å². The van der Waals surface area contributed by atoms with Crippen LogP contribution >= 0.6 is 0 Å². The van der Waals surface area contributed by atoms with Crippen molar-refractivity contribution < 1.29 is 0 Å². The lowest BCUT2D eigenvalue weighted by atomic mass is 10.1. The molecule has 0 spiro atoms. The second-order valence-electron chi connectivity index (χ2n) is 5.34. The second kappa shape index (κ2) is 5.21. The third kappa shape index (κ3) is 2.45. The molecule has 1 aliphatic heterocycles. The van der Waals surface area contributed by atoms with Crippen LogP contribution in [0.25, 0.3) is 11.0 Å². The van der Waals surface area contributed by atoms with E-state index in [0.717, 1.165) is 11.5 Å². The average molecular weight is 258 g/mol. The number of imidazole rings is 1. The fraction of sp³-hybridized carbons (Fsp3) is 0.533. The third-order valence-electron chi connectivity index (χ3n) is 4.16. The first-order valence-corrected chi connectivity index (χ1v) is 7.18. The molecule has 1 fully saturated rings. The van der Waals surface area contributed by atoms with Crippen molar-refractivity contribution >= 4 is 17.0 Å². The fourth-order valence-electron chi connectivity index (χ4n) is 2.85. The zero-order valence-electron chi connectivity index (χ0n) is 11.8. The maximum absolute atomic E-state index is 4.68. The molecule has 4 heteroatoms. The minimum absolute atomic E-state index is 0.554. The molecule has 0 amide bonds. The van der Waals surface area contributed by atoms with Gasteiger partial charge in [-0.05, 0) is 31.5 Å². The van der Waals surface area contributed by atoms with Crippen LogP contribution in [-0.4, -0.2) is 40.1 Å². The first kappa shape index (κ1) is 12.5. The maximum Gasteiger partial charge on any atom is 0.203 e. The molecule has 0 radical (unpaired) electrons. The highest BCUT2D eigenvalue weighted by atomic mass is 15.2. The standard InChI is InChI=1S/C15H22N4/c1-3-19-10-8-12(9-11-19)16-15-17-13-6-4-5-7-14(13)18(15)2/h4-7,12H,3,8-11H2,1-2H3,(H,16,17). The van der Waals surface area contributed by atoms with Crippen molar-refractivity contribution in [3.8, 4) is 0 Å². The van der Waals surface area contributed by atoms with Gasteiger partial charge in [0.2, 0.25) is 5.95 Å². The van der Waals surface area contributed by atoms with E-state index in [-0.39, 0.29) is 0 Å².